The van der Waals surface area contributed by atoms with Crippen LogP contribution in [0, 0.1) is 6.92 Å². The number of anilines is 1. The Bertz CT molecular complexity index is 2190. The van der Waals surface area contributed by atoms with Crippen LogP contribution in [0.3, 0.4) is 0 Å². The molecule has 0 aliphatic carbocycles. The van der Waals surface area contributed by atoms with E-state index < -0.39 is 60.1 Å². The third kappa shape index (κ3) is 17.5. The van der Waals surface area contributed by atoms with Gasteiger partial charge in [0.1, 0.15) is 23.1 Å². The minimum absolute atomic E-state index is 0.199. The van der Waals surface area contributed by atoms with E-state index in [1.807, 2.05) is 9.34 Å². The van der Waals surface area contributed by atoms with Gasteiger partial charge in [-0.15, -0.1) is 10.2 Å². The second kappa shape index (κ2) is 25.3. The van der Waals surface area contributed by atoms with Crippen LogP contribution in [0.2, 0.25) is 0 Å². The van der Waals surface area contributed by atoms with Crippen molar-refractivity contribution in [3.63, 3.8) is 0 Å². The van der Waals surface area contributed by atoms with Crippen LogP contribution < -0.4 is 16.0 Å². The summed E-state index contributed by atoms with van der Waals surface area (Å²) in [7, 11) is 2.57. The van der Waals surface area contributed by atoms with Crippen LogP contribution in [0.4, 0.5) is 15.3 Å². The lowest BCUT2D eigenvalue weighted by Crippen LogP contribution is -2.44. The zero-order valence-electron chi connectivity index (χ0n) is 39.0. The van der Waals surface area contributed by atoms with Gasteiger partial charge in [-0.25, -0.2) is 28.5 Å². The molecule has 1 aromatic heterocycles. The van der Waals surface area contributed by atoms with E-state index in [-0.39, 0.29) is 11.3 Å². The van der Waals surface area contributed by atoms with Crippen LogP contribution in [0.15, 0.2) is 45.3 Å². The molecule has 0 spiro atoms. The van der Waals surface area contributed by atoms with Crippen molar-refractivity contribution in [2.24, 2.45) is 0 Å². The molecule has 2 saturated heterocycles. The number of rotatable bonds is 10. The first-order valence-corrected chi connectivity index (χ1v) is 24.8. The fraction of sp³-hybridized carbons (Fsp3) is 0.548. The summed E-state index contributed by atoms with van der Waals surface area (Å²) in [6.07, 6.45) is -1.26. The van der Waals surface area contributed by atoms with Crippen molar-refractivity contribution < 1.29 is 57.0 Å². The number of alkyl carbamates (subject to hydrolysis) is 2. The van der Waals surface area contributed by atoms with E-state index in [2.05, 4.69) is 58.0 Å². The Morgan fingerprint density at radius 3 is 1.68 bits per heavy atom. The second-order valence-electron chi connectivity index (χ2n) is 16.6. The third-order valence-electron chi connectivity index (χ3n) is 9.02. The summed E-state index contributed by atoms with van der Waals surface area (Å²) in [4.78, 5) is 60.0. The predicted molar refractivity (Wildman–Crippen MR) is 254 cm³/mol. The standard InChI is InChI=1S/C18H23BrN4O4.C16H21BrN2O5.C8H16ClN2O3P/c1-10(20-17(25)27-18(3,4)5)15-22-21-11(2)23(15)14-8-7-12(19)9-13(14)16(24)26-6;1-9(18-15(22)24-16(2,3)4)13(20)19-12-7-6-10(17)8-11(12)14(21)23-5;9-15(12,10-1-5-13-6-2-10)11-3-7-14-8-4-11/h7-10H,1-6H3,(H,20,25);6-9H,1-5H3,(H,18,22)(H,19,20);1-8H2/t10-;9-;/m11./s1. The highest BCUT2D eigenvalue weighted by Crippen LogP contribution is 2.58. The van der Waals surface area contributed by atoms with E-state index in [0.717, 1.165) is 4.47 Å². The molecule has 366 valence electrons. The van der Waals surface area contributed by atoms with Crippen LogP contribution in [-0.4, -0.2) is 138 Å². The first-order valence-electron chi connectivity index (χ1n) is 20.7. The maximum Gasteiger partial charge on any atom is 0.408 e. The number of methoxy groups -OCH3 is 2. The summed E-state index contributed by atoms with van der Waals surface area (Å²) in [5.74, 6) is -0.535. The maximum absolute atomic E-state index is 12.4. The maximum atomic E-state index is 12.4. The van der Waals surface area contributed by atoms with E-state index in [9.17, 15) is 28.5 Å². The van der Waals surface area contributed by atoms with Crippen molar-refractivity contribution in [3.05, 3.63) is 68.1 Å². The number of hydrogen-bond acceptors (Lipinski definition) is 14. The van der Waals surface area contributed by atoms with Crippen molar-refractivity contribution in [3.8, 4) is 5.69 Å². The zero-order valence-corrected chi connectivity index (χ0v) is 43.8. The number of morpholine rings is 2. The highest BCUT2D eigenvalue weighted by molar-refractivity contribution is 9.10. The van der Waals surface area contributed by atoms with Crippen molar-refractivity contribution >= 4 is 85.6 Å². The monoisotopic (exact) mass is 1090 g/mol. The predicted octanol–water partition coefficient (Wildman–Crippen LogP) is 7.80. The van der Waals surface area contributed by atoms with Gasteiger partial charge in [0, 0.05) is 35.1 Å². The SMILES string of the molecule is COC(=O)c1cc(Br)ccc1-n1c(C)nnc1[C@@H](C)NC(=O)OC(C)(C)C.COC(=O)c1cc(Br)ccc1NC(=O)[C@@H](C)NC(=O)OC(C)(C)C.O=P(Cl)(N1CCOCC1)N1CCOCC1. The molecule has 2 aliphatic rings. The highest BCUT2D eigenvalue weighted by Gasteiger charge is 2.37. The average molecular weight is 1100 g/mol. The second-order valence-corrected chi connectivity index (χ2v) is 21.8. The average Bonchev–Trinajstić information content (AvgIpc) is 3.64. The smallest absolute Gasteiger partial charge is 0.408 e. The van der Waals surface area contributed by atoms with Gasteiger partial charge in [-0.3, -0.25) is 13.9 Å². The lowest BCUT2D eigenvalue weighted by atomic mass is 10.1. The Balaban J connectivity index is 0.000000273. The first-order chi connectivity index (χ1) is 30.8. The number of ether oxygens (including phenoxy) is 6. The van der Waals surface area contributed by atoms with Gasteiger partial charge in [0.15, 0.2) is 5.82 Å². The fourth-order valence-electron chi connectivity index (χ4n) is 5.96. The largest absolute Gasteiger partial charge is 0.465 e. The van der Waals surface area contributed by atoms with E-state index >= 15 is 0 Å². The fourth-order valence-corrected chi connectivity index (χ4v) is 9.26. The molecule has 3 aromatic rings. The van der Waals surface area contributed by atoms with E-state index in [0.29, 0.717) is 80.0 Å². The molecule has 20 nitrogen and oxygen atoms in total. The molecule has 24 heteroatoms. The van der Waals surface area contributed by atoms with Crippen molar-refractivity contribution in [2.75, 3.05) is 72.1 Å². The Morgan fingerprint density at radius 1 is 0.742 bits per heavy atom. The van der Waals surface area contributed by atoms with Gasteiger partial charge >= 0.3 is 30.9 Å². The van der Waals surface area contributed by atoms with Gasteiger partial charge in [0.05, 0.1) is 69.2 Å². The Kier molecular flexibility index (Phi) is 21.5. The van der Waals surface area contributed by atoms with E-state index in [1.165, 1.54) is 27.2 Å². The summed E-state index contributed by atoms with van der Waals surface area (Å²) in [5, 5.41) is 16.0. The van der Waals surface area contributed by atoms with Crippen LogP contribution in [0.5, 0.6) is 0 Å². The lowest BCUT2D eigenvalue weighted by Gasteiger charge is -2.38. The number of halogens is 3. The molecule has 2 atom stereocenters. The molecule has 2 fully saturated rings. The van der Waals surface area contributed by atoms with Crippen molar-refractivity contribution in [1.82, 2.24) is 34.7 Å². The number of hydrogen-bond donors (Lipinski definition) is 3. The highest BCUT2D eigenvalue weighted by atomic mass is 79.9. The molecule has 3 N–H and O–H groups in total. The van der Waals surface area contributed by atoms with Crippen molar-refractivity contribution in [1.29, 1.82) is 0 Å². The number of aryl methyl sites for hydroxylation is 1. The number of benzene rings is 2. The van der Waals surface area contributed by atoms with Gasteiger partial charge < -0.3 is 44.4 Å². The molecule has 2 aliphatic heterocycles. The first kappa shape index (κ1) is 56.2. The zero-order chi connectivity index (χ0) is 49.6. The Hall–Kier alpha value is -4.15. The summed E-state index contributed by atoms with van der Waals surface area (Å²) in [6.45, 7) is 17.8. The van der Waals surface area contributed by atoms with E-state index in [4.69, 9.17) is 39.7 Å². The van der Waals surface area contributed by atoms with Gasteiger partial charge in [-0.2, -0.15) is 0 Å². The minimum atomic E-state index is -2.86. The summed E-state index contributed by atoms with van der Waals surface area (Å²) >= 11 is 12.8. The van der Waals surface area contributed by atoms with Gasteiger partial charge in [0.2, 0.25) is 5.91 Å². The molecule has 3 amide bonds. The summed E-state index contributed by atoms with van der Waals surface area (Å²) in [5.41, 5.74) is 0.111. The normalized spacial score (nSPS) is 15.5. The molecule has 3 heterocycles. The van der Waals surface area contributed by atoms with Crippen LogP contribution in [-0.2, 0) is 37.8 Å². The van der Waals surface area contributed by atoms with Gasteiger partial charge in [-0.1, -0.05) is 31.9 Å². The minimum Gasteiger partial charge on any atom is -0.465 e. The number of amides is 3. The van der Waals surface area contributed by atoms with Crippen LogP contribution in [0.1, 0.15) is 93.8 Å². The third-order valence-corrected chi connectivity index (χ3v) is 13.5. The number of carbonyl (C=O) groups excluding carboxylic acids is 5. The molecule has 66 heavy (non-hydrogen) atoms. The lowest BCUT2D eigenvalue weighted by molar-refractivity contribution is -0.117. The Morgan fingerprint density at radius 2 is 1.20 bits per heavy atom. The molecule has 0 unspecified atom stereocenters. The number of carbonyl (C=O) groups is 5. The van der Waals surface area contributed by atoms with Crippen LogP contribution >= 0.6 is 49.9 Å². The number of aromatic nitrogens is 3. The molecule has 2 aromatic carbocycles. The number of esters is 2. The molecule has 0 radical (unpaired) electrons. The summed E-state index contributed by atoms with van der Waals surface area (Å²) in [6, 6.07) is 8.64. The summed E-state index contributed by atoms with van der Waals surface area (Å²) < 4.78 is 49.6. The number of nitrogens with one attached hydrogen (secondary N) is 3. The van der Waals surface area contributed by atoms with Gasteiger partial charge in [-0.05, 0) is 110 Å². The molecule has 0 bridgehead atoms. The molecular weight excluding hydrogens is 1030 g/mol. The van der Waals surface area contributed by atoms with Crippen molar-refractivity contribution in [2.45, 2.75) is 85.6 Å². The topological polar surface area (TPSA) is 231 Å². The quantitative estimate of drug-likeness (QED) is 0.0999. The Labute approximate surface area is 406 Å². The van der Waals surface area contributed by atoms with E-state index in [1.54, 1.807) is 90.3 Å². The number of nitrogens with zero attached hydrogens (tertiary/aromatic N) is 5. The van der Waals surface area contributed by atoms with Gasteiger partial charge in [0.25, 0.3) is 0 Å². The van der Waals surface area contributed by atoms with Crippen LogP contribution in [0.25, 0.3) is 5.69 Å². The molecule has 0 saturated carbocycles. The molecule has 5 rings (SSSR count). The molecular formula is C42H60Br2ClN8O12P.